The molecule has 0 unspecified atom stereocenters. The predicted octanol–water partition coefficient (Wildman–Crippen LogP) is 1.86. The predicted molar refractivity (Wildman–Crippen MR) is 90.8 cm³/mol. The minimum Gasteiger partial charge on any atom is -0.466 e. The van der Waals surface area contributed by atoms with Gasteiger partial charge in [0.1, 0.15) is 5.52 Å². The molecule has 3 rings (SSSR count). The van der Waals surface area contributed by atoms with Crippen molar-refractivity contribution in [1.82, 2.24) is 20.2 Å². The molecular weight excluding hydrogens is 346 g/mol. The Kier molecular flexibility index (Phi) is 5.09. The Bertz CT molecular complexity index is 900. The molecule has 0 spiro atoms. The van der Waals surface area contributed by atoms with Crippen molar-refractivity contribution in [3.8, 4) is 0 Å². The zero-order chi connectivity index (χ0) is 17.6. The number of hydrogen-bond acceptors (Lipinski definition) is 8. The van der Waals surface area contributed by atoms with Crippen LogP contribution in [0.15, 0.2) is 40.0 Å². The first-order valence-corrected chi connectivity index (χ1v) is 8.09. The van der Waals surface area contributed by atoms with Gasteiger partial charge in [0.05, 0.1) is 12.9 Å². The van der Waals surface area contributed by atoms with Crippen molar-refractivity contribution in [3.05, 3.63) is 36.2 Å². The molecule has 0 aliphatic heterocycles. The number of nitrogens with zero attached hydrogens (tertiary/aromatic N) is 3. The Labute approximate surface area is 145 Å². The first-order valence-electron chi connectivity index (χ1n) is 7.10. The van der Waals surface area contributed by atoms with Crippen molar-refractivity contribution in [1.29, 1.82) is 0 Å². The number of amides is 1. The van der Waals surface area contributed by atoms with E-state index in [-0.39, 0.29) is 17.6 Å². The van der Waals surface area contributed by atoms with E-state index in [9.17, 15) is 9.59 Å². The van der Waals surface area contributed by atoms with E-state index in [1.807, 2.05) is 24.3 Å². The van der Waals surface area contributed by atoms with E-state index in [0.717, 1.165) is 5.52 Å². The molecule has 0 bridgehead atoms. The van der Waals surface area contributed by atoms with Gasteiger partial charge < -0.3 is 9.15 Å². The Morgan fingerprint density at radius 1 is 1.36 bits per heavy atom. The van der Waals surface area contributed by atoms with E-state index < -0.39 is 5.97 Å². The highest BCUT2D eigenvalue weighted by Gasteiger charge is 2.11. The van der Waals surface area contributed by atoms with Gasteiger partial charge in [-0.1, -0.05) is 23.9 Å². The maximum absolute atomic E-state index is 11.9. The number of aromatic nitrogens is 4. The number of fused-ring (bicyclic) bond motifs is 1. The van der Waals surface area contributed by atoms with Gasteiger partial charge in [0.15, 0.2) is 11.4 Å². The summed E-state index contributed by atoms with van der Waals surface area (Å²) in [6, 6.07) is 7.36. The lowest BCUT2D eigenvalue weighted by atomic mass is 10.3. The van der Waals surface area contributed by atoms with Gasteiger partial charge in [0.25, 0.3) is 5.22 Å². The minimum atomic E-state index is -0.517. The maximum atomic E-state index is 11.9. The number of H-pyrrole nitrogens is 1. The van der Waals surface area contributed by atoms with Gasteiger partial charge in [-0.3, -0.25) is 15.2 Å². The normalized spacial score (nSPS) is 11.1. The average Bonchev–Trinajstić information content (AvgIpc) is 3.24. The van der Waals surface area contributed by atoms with Crippen LogP contribution in [0.5, 0.6) is 0 Å². The second-order valence-corrected chi connectivity index (χ2v) is 5.61. The topological polar surface area (TPSA) is 123 Å². The van der Waals surface area contributed by atoms with Crippen molar-refractivity contribution in [2.45, 2.75) is 5.22 Å². The van der Waals surface area contributed by atoms with Crippen LogP contribution in [0.1, 0.15) is 5.82 Å². The van der Waals surface area contributed by atoms with Gasteiger partial charge in [-0.15, -0.1) is 5.10 Å². The number of esters is 1. The van der Waals surface area contributed by atoms with Crippen LogP contribution in [0.25, 0.3) is 17.2 Å². The van der Waals surface area contributed by atoms with E-state index in [4.69, 9.17) is 4.42 Å². The average molecular weight is 359 g/mol. The van der Waals surface area contributed by atoms with E-state index in [1.165, 1.54) is 31.0 Å². The third kappa shape index (κ3) is 4.44. The molecule has 2 aromatic heterocycles. The van der Waals surface area contributed by atoms with Gasteiger partial charge in [0, 0.05) is 6.08 Å². The number of carbonyl (C=O) groups excluding carboxylic acids is 2. The fraction of sp³-hybridized carbons (Fsp3) is 0.133. The van der Waals surface area contributed by atoms with Crippen molar-refractivity contribution < 1.29 is 18.7 Å². The van der Waals surface area contributed by atoms with Crippen molar-refractivity contribution in [3.63, 3.8) is 0 Å². The molecule has 0 saturated heterocycles. The monoisotopic (exact) mass is 359 g/mol. The van der Waals surface area contributed by atoms with Gasteiger partial charge in [-0.2, -0.15) is 4.98 Å². The third-order valence-corrected chi connectivity index (χ3v) is 3.76. The number of anilines is 1. The van der Waals surface area contributed by atoms with Crippen molar-refractivity contribution >= 4 is 46.8 Å². The van der Waals surface area contributed by atoms with Gasteiger partial charge >= 0.3 is 5.97 Å². The number of benzene rings is 1. The highest BCUT2D eigenvalue weighted by atomic mass is 32.2. The molecule has 128 valence electrons. The zero-order valence-corrected chi connectivity index (χ0v) is 13.9. The van der Waals surface area contributed by atoms with Crippen LogP contribution < -0.4 is 5.32 Å². The van der Waals surface area contributed by atoms with E-state index in [1.54, 1.807) is 0 Å². The van der Waals surface area contributed by atoms with Crippen LogP contribution in [0.2, 0.25) is 0 Å². The molecule has 0 aliphatic rings. The van der Waals surface area contributed by atoms with Crippen LogP contribution in [-0.4, -0.2) is 44.9 Å². The summed E-state index contributed by atoms with van der Waals surface area (Å²) >= 11 is 1.17. The molecule has 0 atom stereocenters. The molecule has 3 aromatic rings. The molecular formula is C15H13N5O4S. The molecule has 25 heavy (non-hydrogen) atoms. The summed E-state index contributed by atoms with van der Waals surface area (Å²) in [4.78, 5) is 31.2. The Morgan fingerprint density at radius 3 is 3.00 bits per heavy atom. The van der Waals surface area contributed by atoms with Crippen molar-refractivity contribution in [2.75, 3.05) is 18.2 Å². The van der Waals surface area contributed by atoms with E-state index in [2.05, 4.69) is 30.2 Å². The molecule has 9 nitrogen and oxygen atoms in total. The van der Waals surface area contributed by atoms with Gasteiger partial charge in [-0.05, 0) is 18.2 Å². The number of para-hydroxylation sites is 2. The second-order valence-electron chi connectivity index (χ2n) is 4.69. The van der Waals surface area contributed by atoms with E-state index >= 15 is 0 Å². The van der Waals surface area contributed by atoms with Crippen LogP contribution in [-0.2, 0) is 14.3 Å². The minimum absolute atomic E-state index is 0.0920. The highest BCUT2D eigenvalue weighted by Crippen LogP contribution is 2.23. The summed E-state index contributed by atoms with van der Waals surface area (Å²) in [5.74, 6) is -0.319. The van der Waals surface area contributed by atoms with Crippen LogP contribution in [0, 0.1) is 0 Å². The number of rotatable bonds is 6. The van der Waals surface area contributed by atoms with Gasteiger partial charge in [-0.25, -0.2) is 9.78 Å². The zero-order valence-electron chi connectivity index (χ0n) is 13.1. The van der Waals surface area contributed by atoms with E-state index in [0.29, 0.717) is 16.6 Å². The molecule has 0 aliphatic carbocycles. The largest absolute Gasteiger partial charge is 0.466 e. The summed E-state index contributed by atoms with van der Waals surface area (Å²) < 4.78 is 9.98. The third-order valence-electron chi connectivity index (χ3n) is 2.93. The number of nitrogens with one attached hydrogen (secondary N) is 2. The molecule has 0 saturated carbocycles. The second kappa shape index (κ2) is 7.62. The maximum Gasteiger partial charge on any atom is 0.330 e. The lowest BCUT2D eigenvalue weighted by molar-refractivity contribution is -0.134. The Balaban J connectivity index is 1.53. The quantitative estimate of drug-likeness (QED) is 0.388. The van der Waals surface area contributed by atoms with Gasteiger partial charge in [0.2, 0.25) is 11.9 Å². The van der Waals surface area contributed by atoms with Crippen LogP contribution in [0.3, 0.4) is 0 Å². The lowest BCUT2D eigenvalue weighted by Crippen LogP contribution is -2.15. The number of hydrogen-bond donors (Lipinski definition) is 2. The SMILES string of the molecule is COC(=O)C=Cc1nc(NC(=O)CSc2nc3ccccc3o2)n[nH]1. The number of aromatic amines is 1. The molecule has 2 heterocycles. The Hall–Kier alpha value is -3.14. The fourth-order valence-electron chi connectivity index (χ4n) is 1.82. The summed E-state index contributed by atoms with van der Waals surface area (Å²) in [5.41, 5.74) is 1.41. The number of thioether (sulfide) groups is 1. The van der Waals surface area contributed by atoms with Crippen molar-refractivity contribution in [2.24, 2.45) is 0 Å². The molecule has 10 heteroatoms. The molecule has 2 N–H and O–H groups in total. The fourth-order valence-corrected chi connectivity index (χ4v) is 2.46. The Morgan fingerprint density at radius 2 is 2.20 bits per heavy atom. The summed E-state index contributed by atoms with van der Waals surface area (Å²) in [6.45, 7) is 0. The first-order chi connectivity index (χ1) is 12.1. The number of oxazole rings is 1. The molecule has 1 amide bonds. The smallest absolute Gasteiger partial charge is 0.330 e. The highest BCUT2D eigenvalue weighted by molar-refractivity contribution is 7.99. The molecule has 0 radical (unpaired) electrons. The number of carbonyl (C=O) groups is 2. The number of methoxy groups -OCH3 is 1. The molecule has 1 aromatic carbocycles. The van der Waals surface area contributed by atoms with Crippen LogP contribution in [0.4, 0.5) is 5.95 Å². The summed E-state index contributed by atoms with van der Waals surface area (Å²) in [6.07, 6.45) is 2.58. The lowest BCUT2D eigenvalue weighted by Gasteiger charge is -1.97. The first kappa shape index (κ1) is 16.7. The summed E-state index contributed by atoms with van der Waals surface area (Å²) in [5, 5.41) is 9.35. The molecule has 0 fully saturated rings. The summed E-state index contributed by atoms with van der Waals surface area (Å²) in [7, 11) is 1.27. The number of ether oxygens (including phenoxy) is 1. The standard InChI is InChI=1S/C15H13N5O4S/c1-23-13(22)7-6-11-17-14(20-19-11)18-12(21)8-25-15-16-9-4-2-3-5-10(9)24-15/h2-7H,8H2,1H3,(H2,17,18,19,20,21). The van der Waals surface area contributed by atoms with Crippen LogP contribution >= 0.6 is 11.8 Å².